The van der Waals surface area contributed by atoms with Gasteiger partial charge in [0, 0.05) is 52.4 Å². The third-order valence-corrected chi connectivity index (χ3v) is 6.40. The van der Waals surface area contributed by atoms with Crippen molar-refractivity contribution >= 4 is 28.7 Å². The van der Waals surface area contributed by atoms with Gasteiger partial charge in [0.25, 0.3) is 5.69 Å². The molecule has 7 heteroatoms. The first-order chi connectivity index (χ1) is 14.7. The minimum atomic E-state index is -0.814. The predicted molar refractivity (Wildman–Crippen MR) is 114 cm³/mol. The quantitative estimate of drug-likeness (QED) is 0.574. The molecule has 0 aromatic heterocycles. The summed E-state index contributed by atoms with van der Waals surface area (Å²) in [5.74, 6) is -2.03. The minimum absolute atomic E-state index is 0.0683. The van der Waals surface area contributed by atoms with Crippen molar-refractivity contribution in [1.82, 2.24) is 0 Å². The summed E-state index contributed by atoms with van der Waals surface area (Å²) < 4.78 is 0. The highest BCUT2D eigenvalue weighted by atomic mass is 16.6. The monoisotopic (exact) mass is 416 g/mol. The predicted octanol–water partition coefficient (Wildman–Crippen LogP) is 4.45. The zero-order chi connectivity index (χ0) is 22.1. The van der Waals surface area contributed by atoms with Gasteiger partial charge in [-0.2, -0.15) is 0 Å². The van der Waals surface area contributed by atoms with E-state index in [0.29, 0.717) is 41.0 Å². The SMILES string of the molecule is CC1(C)CC(=O)C2C(=NC3=C(C(=O)c4ccccc43)[C@@H]2c2cc([N+](=O)[O-])ccc2O)C1. The van der Waals surface area contributed by atoms with Crippen LogP contribution in [0.1, 0.15) is 54.1 Å². The molecular formula is C24H20N2O5. The maximum absolute atomic E-state index is 13.4. The molecule has 1 unspecified atom stereocenters. The Bertz CT molecular complexity index is 1250. The van der Waals surface area contributed by atoms with Crippen LogP contribution in [0.3, 0.4) is 0 Å². The molecule has 0 saturated heterocycles. The lowest BCUT2D eigenvalue weighted by molar-refractivity contribution is -0.385. The number of hydrogen-bond donors (Lipinski definition) is 1. The third-order valence-electron chi connectivity index (χ3n) is 6.40. The molecule has 2 atom stereocenters. The van der Waals surface area contributed by atoms with Gasteiger partial charge in [-0.1, -0.05) is 38.1 Å². The number of ketones is 2. The van der Waals surface area contributed by atoms with Gasteiger partial charge in [-0.05, 0) is 17.9 Å². The van der Waals surface area contributed by atoms with Gasteiger partial charge in [0.2, 0.25) is 0 Å². The Balaban J connectivity index is 1.79. The molecule has 2 aromatic rings. The van der Waals surface area contributed by atoms with E-state index in [1.165, 1.54) is 18.2 Å². The number of Topliss-reactive ketones (excluding diaryl/α,β-unsaturated/α-hetero) is 2. The molecule has 31 heavy (non-hydrogen) atoms. The number of aliphatic imine (C=N–C) groups is 1. The van der Waals surface area contributed by atoms with Crippen LogP contribution >= 0.6 is 0 Å². The first-order valence-corrected chi connectivity index (χ1v) is 10.1. The molecular weight excluding hydrogens is 396 g/mol. The third kappa shape index (κ3) is 2.84. The number of nitro groups is 1. The van der Waals surface area contributed by atoms with Crippen molar-refractivity contribution in [3.63, 3.8) is 0 Å². The van der Waals surface area contributed by atoms with Gasteiger partial charge >= 0.3 is 0 Å². The van der Waals surface area contributed by atoms with Crippen LogP contribution in [0.25, 0.3) is 5.70 Å². The van der Waals surface area contributed by atoms with Crippen LogP contribution in [0.5, 0.6) is 5.75 Å². The topological polar surface area (TPSA) is 110 Å². The van der Waals surface area contributed by atoms with Gasteiger partial charge in [0.05, 0.1) is 16.5 Å². The van der Waals surface area contributed by atoms with Crippen LogP contribution < -0.4 is 0 Å². The summed E-state index contributed by atoms with van der Waals surface area (Å²) in [4.78, 5) is 42.4. The molecule has 2 aliphatic carbocycles. The fourth-order valence-corrected chi connectivity index (χ4v) is 5.16. The van der Waals surface area contributed by atoms with Crippen LogP contribution in [0.2, 0.25) is 0 Å². The number of phenols is 1. The van der Waals surface area contributed by atoms with Crippen LogP contribution in [0, 0.1) is 21.4 Å². The first kappa shape index (κ1) is 19.4. The molecule has 7 nitrogen and oxygen atoms in total. The highest BCUT2D eigenvalue weighted by Gasteiger charge is 2.50. The second-order valence-electron chi connectivity index (χ2n) is 9.18. The second-order valence-corrected chi connectivity index (χ2v) is 9.18. The number of benzene rings is 2. The number of nitro benzene ring substituents is 1. The van der Waals surface area contributed by atoms with Crippen LogP contribution in [0.15, 0.2) is 53.0 Å². The van der Waals surface area contributed by atoms with Gasteiger partial charge in [-0.3, -0.25) is 24.7 Å². The number of fused-ring (bicyclic) bond motifs is 3. The summed E-state index contributed by atoms with van der Waals surface area (Å²) in [5, 5.41) is 22.1. The Hall–Kier alpha value is -3.61. The van der Waals surface area contributed by atoms with E-state index in [4.69, 9.17) is 4.99 Å². The van der Waals surface area contributed by atoms with Crippen molar-refractivity contribution in [2.24, 2.45) is 16.3 Å². The molecule has 0 radical (unpaired) electrons. The fraction of sp³-hybridized carbons (Fsp3) is 0.292. The van der Waals surface area contributed by atoms with E-state index < -0.39 is 16.8 Å². The summed E-state index contributed by atoms with van der Waals surface area (Å²) >= 11 is 0. The summed E-state index contributed by atoms with van der Waals surface area (Å²) in [7, 11) is 0. The van der Waals surface area contributed by atoms with Gasteiger partial charge in [0.15, 0.2) is 5.78 Å². The average molecular weight is 416 g/mol. The van der Waals surface area contributed by atoms with E-state index >= 15 is 0 Å². The number of carbonyl (C=O) groups excluding carboxylic acids is 2. The molecule has 1 fully saturated rings. The standard InChI is InChI=1S/C24H20N2O5/c1-24(2)10-16-20(18(28)11-24)19(15-9-12(26(30)31)7-8-17(15)27)21-22(25-16)13-5-3-4-6-14(13)23(21)29/h3-9,19-20,27H,10-11H2,1-2H3/t19-,20?/m1/s1. The van der Waals surface area contributed by atoms with Crippen molar-refractivity contribution in [2.45, 2.75) is 32.6 Å². The van der Waals surface area contributed by atoms with E-state index in [-0.39, 0.29) is 34.0 Å². The molecule has 1 aliphatic heterocycles. The summed E-state index contributed by atoms with van der Waals surface area (Å²) in [6.45, 7) is 4.00. The van der Waals surface area contributed by atoms with E-state index in [2.05, 4.69) is 0 Å². The Kier molecular flexibility index (Phi) is 4.02. The maximum Gasteiger partial charge on any atom is 0.269 e. The lowest BCUT2D eigenvalue weighted by Gasteiger charge is -2.40. The normalized spacial score (nSPS) is 23.7. The van der Waals surface area contributed by atoms with Crippen molar-refractivity contribution in [3.8, 4) is 5.75 Å². The lowest BCUT2D eigenvalue weighted by Crippen LogP contribution is -2.43. The zero-order valence-corrected chi connectivity index (χ0v) is 17.1. The number of carbonyl (C=O) groups is 2. The summed E-state index contributed by atoms with van der Waals surface area (Å²) in [6.07, 6.45) is 0.884. The molecule has 156 valence electrons. The highest BCUT2D eigenvalue weighted by molar-refractivity contribution is 6.25. The fourth-order valence-electron chi connectivity index (χ4n) is 5.16. The number of nitrogens with zero attached hydrogens (tertiary/aromatic N) is 2. The van der Waals surface area contributed by atoms with Gasteiger partial charge in [0.1, 0.15) is 11.5 Å². The minimum Gasteiger partial charge on any atom is -0.508 e. The smallest absolute Gasteiger partial charge is 0.269 e. The molecule has 3 aliphatic rings. The molecule has 1 N–H and O–H groups in total. The van der Waals surface area contributed by atoms with Gasteiger partial charge < -0.3 is 5.11 Å². The first-order valence-electron chi connectivity index (χ1n) is 10.1. The van der Waals surface area contributed by atoms with Crippen molar-refractivity contribution < 1.29 is 19.6 Å². The van der Waals surface area contributed by atoms with E-state index in [0.717, 1.165) is 0 Å². The molecule has 1 saturated carbocycles. The lowest BCUT2D eigenvalue weighted by atomic mass is 9.63. The van der Waals surface area contributed by atoms with Crippen LogP contribution in [-0.4, -0.2) is 27.3 Å². The van der Waals surface area contributed by atoms with Gasteiger partial charge in [-0.15, -0.1) is 0 Å². The molecule has 5 rings (SSSR count). The Morgan fingerprint density at radius 3 is 2.48 bits per heavy atom. The summed E-state index contributed by atoms with van der Waals surface area (Å²) in [6, 6.07) is 10.9. The second kappa shape index (κ2) is 6.44. The Morgan fingerprint density at radius 2 is 1.77 bits per heavy atom. The Morgan fingerprint density at radius 1 is 1.06 bits per heavy atom. The molecule has 0 spiro atoms. The Labute approximate surface area is 178 Å². The number of hydrogen-bond acceptors (Lipinski definition) is 6. The zero-order valence-electron chi connectivity index (χ0n) is 17.1. The number of aromatic hydroxyl groups is 1. The van der Waals surface area contributed by atoms with Gasteiger partial charge in [-0.25, -0.2) is 0 Å². The highest BCUT2D eigenvalue weighted by Crippen LogP contribution is 2.53. The molecule has 0 bridgehead atoms. The van der Waals surface area contributed by atoms with Crippen molar-refractivity contribution in [3.05, 3.63) is 74.8 Å². The number of allylic oxidation sites excluding steroid dienone is 1. The van der Waals surface area contributed by atoms with Crippen molar-refractivity contribution in [2.75, 3.05) is 0 Å². The number of phenolic OH excluding ortho intramolecular Hbond substituents is 1. The van der Waals surface area contributed by atoms with Crippen LogP contribution in [0.4, 0.5) is 5.69 Å². The van der Waals surface area contributed by atoms with Crippen LogP contribution in [-0.2, 0) is 4.79 Å². The van der Waals surface area contributed by atoms with E-state index in [1.807, 2.05) is 26.0 Å². The van der Waals surface area contributed by atoms with Crippen molar-refractivity contribution in [1.29, 1.82) is 0 Å². The maximum atomic E-state index is 13.4. The summed E-state index contributed by atoms with van der Waals surface area (Å²) in [5.41, 5.74) is 2.43. The average Bonchev–Trinajstić information content (AvgIpc) is 2.98. The number of non-ortho nitro benzene ring substituents is 1. The van der Waals surface area contributed by atoms with E-state index in [1.54, 1.807) is 12.1 Å². The molecule has 0 amide bonds. The van der Waals surface area contributed by atoms with E-state index in [9.17, 15) is 24.8 Å². The molecule has 1 heterocycles. The number of rotatable bonds is 2. The largest absolute Gasteiger partial charge is 0.508 e. The molecule has 2 aromatic carbocycles.